The van der Waals surface area contributed by atoms with Gasteiger partial charge in [-0.15, -0.1) is 0 Å². The van der Waals surface area contributed by atoms with Crippen molar-refractivity contribution in [3.63, 3.8) is 0 Å². The quantitative estimate of drug-likeness (QED) is 0.605. The first kappa shape index (κ1) is 16.3. The van der Waals surface area contributed by atoms with Gasteiger partial charge in [0.1, 0.15) is 18.5 Å². The van der Waals surface area contributed by atoms with E-state index in [2.05, 4.69) is 0 Å². The maximum atomic E-state index is 12.3. The zero-order valence-electron chi connectivity index (χ0n) is 13.7. The molecule has 2 heterocycles. The summed E-state index contributed by atoms with van der Waals surface area (Å²) in [6, 6.07) is 10.8. The first-order chi connectivity index (χ1) is 12.1. The van der Waals surface area contributed by atoms with Crippen LogP contribution in [0.2, 0.25) is 5.02 Å². The Kier molecular flexibility index (Phi) is 4.34. The Morgan fingerprint density at radius 2 is 2.00 bits per heavy atom. The first-order valence-corrected chi connectivity index (χ1v) is 8.50. The normalized spacial score (nSPS) is 21.7. The molecule has 0 N–H and O–H groups in total. The lowest BCUT2D eigenvalue weighted by atomic mass is 10.0. The van der Waals surface area contributed by atoms with Crippen LogP contribution < -0.4 is 4.74 Å². The minimum atomic E-state index is -0.401. The Hall–Kier alpha value is -2.14. The van der Waals surface area contributed by atoms with Gasteiger partial charge in [0.2, 0.25) is 0 Å². The Morgan fingerprint density at radius 1 is 1.20 bits per heavy atom. The van der Waals surface area contributed by atoms with Crippen LogP contribution in [-0.4, -0.2) is 25.1 Å². The van der Waals surface area contributed by atoms with Crippen LogP contribution in [0.1, 0.15) is 33.3 Å². The number of fused-ring (bicyclic) bond motifs is 4. The molecule has 0 saturated carbocycles. The van der Waals surface area contributed by atoms with Crippen molar-refractivity contribution < 1.29 is 19.0 Å². The molecule has 5 heteroatoms. The van der Waals surface area contributed by atoms with E-state index in [1.165, 1.54) is 0 Å². The average Bonchev–Trinajstić information content (AvgIpc) is 2.99. The van der Waals surface area contributed by atoms with Gasteiger partial charge in [0, 0.05) is 10.6 Å². The van der Waals surface area contributed by atoms with Crippen LogP contribution in [-0.2, 0) is 9.47 Å². The van der Waals surface area contributed by atoms with Crippen molar-refractivity contribution in [2.24, 2.45) is 0 Å². The summed E-state index contributed by atoms with van der Waals surface area (Å²) in [6.07, 6.45) is 2.92. The third kappa shape index (κ3) is 3.33. The zero-order chi connectivity index (χ0) is 17.4. The molecular formula is C20H17ClO4. The fraction of sp³-hybridized carbons (Fsp3) is 0.250. The van der Waals surface area contributed by atoms with E-state index in [4.69, 9.17) is 25.8 Å². The van der Waals surface area contributed by atoms with E-state index in [1.54, 1.807) is 36.4 Å². The van der Waals surface area contributed by atoms with Gasteiger partial charge >= 0.3 is 0 Å². The number of hydrogen-bond acceptors (Lipinski definition) is 4. The van der Waals surface area contributed by atoms with E-state index in [0.717, 1.165) is 22.4 Å². The number of carbonyl (C=O) groups excluding carboxylic acids is 1. The van der Waals surface area contributed by atoms with Crippen LogP contribution >= 0.6 is 11.6 Å². The van der Waals surface area contributed by atoms with Gasteiger partial charge in [-0.1, -0.05) is 17.7 Å². The number of allylic oxidation sites excluding steroid dienone is 1. The smallest absolute Gasteiger partial charge is 0.188 e. The number of carbonyl (C=O) groups is 1. The van der Waals surface area contributed by atoms with E-state index >= 15 is 0 Å². The number of halogens is 1. The van der Waals surface area contributed by atoms with Gasteiger partial charge in [-0.25, -0.2) is 0 Å². The molecule has 128 valence electrons. The molecule has 2 atom stereocenters. The van der Waals surface area contributed by atoms with Crippen LogP contribution in [0.5, 0.6) is 5.75 Å². The Morgan fingerprint density at radius 3 is 2.80 bits per heavy atom. The molecule has 0 amide bonds. The summed E-state index contributed by atoms with van der Waals surface area (Å²) in [5.74, 6) is 0.738. The number of rotatable bonds is 3. The van der Waals surface area contributed by atoms with Crippen LogP contribution in [0.4, 0.5) is 0 Å². The molecule has 2 unspecified atom stereocenters. The van der Waals surface area contributed by atoms with Crippen molar-refractivity contribution in [3.8, 4) is 5.75 Å². The highest BCUT2D eigenvalue weighted by atomic mass is 35.5. The second-order valence-corrected chi connectivity index (χ2v) is 6.63. The molecular weight excluding hydrogens is 340 g/mol. The molecule has 1 fully saturated rings. The molecule has 2 bridgehead atoms. The molecule has 0 radical (unpaired) electrons. The molecule has 0 spiro atoms. The third-order valence-corrected chi connectivity index (χ3v) is 4.55. The van der Waals surface area contributed by atoms with Crippen molar-refractivity contribution in [2.75, 3.05) is 13.2 Å². The van der Waals surface area contributed by atoms with Gasteiger partial charge in [-0.3, -0.25) is 4.79 Å². The molecule has 4 nitrogen and oxygen atoms in total. The SMILES string of the molecule is Cc1cc(/C=C/C(=O)c2ccc(Cl)cc2)cc2c1OCC1COC2O1. The monoisotopic (exact) mass is 356 g/mol. The number of benzene rings is 2. The summed E-state index contributed by atoms with van der Waals surface area (Å²) in [5.41, 5.74) is 3.37. The molecule has 1 saturated heterocycles. The van der Waals surface area contributed by atoms with Crippen LogP contribution in [0.3, 0.4) is 0 Å². The average molecular weight is 357 g/mol. The fourth-order valence-electron chi connectivity index (χ4n) is 3.06. The fourth-order valence-corrected chi connectivity index (χ4v) is 3.18. The highest BCUT2D eigenvalue weighted by Gasteiger charge is 2.34. The maximum Gasteiger partial charge on any atom is 0.188 e. The van der Waals surface area contributed by atoms with Gasteiger partial charge in [0.25, 0.3) is 0 Å². The number of aryl methyl sites for hydroxylation is 1. The molecule has 0 aliphatic carbocycles. The summed E-state index contributed by atoms with van der Waals surface area (Å²) in [4.78, 5) is 12.3. The van der Waals surface area contributed by atoms with Crippen LogP contribution in [0, 0.1) is 6.92 Å². The summed E-state index contributed by atoms with van der Waals surface area (Å²) < 4.78 is 17.4. The molecule has 2 aromatic carbocycles. The lowest BCUT2D eigenvalue weighted by Gasteiger charge is -2.16. The summed E-state index contributed by atoms with van der Waals surface area (Å²) in [5, 5.41) is 0.608. The molecule has 2 aliphatic heterocycles. The van der Waals surface area contributed by atoms with Gasteiger partial charge in [-0.2, -0.15) is 0 Å². The summed E-state index contributed by atoms with van der Waals surface area (Å²) in [6.45, 7) is 3.02. The topological polar surface area (TPSA) is 44.8 Å². The van der Waals surface area contributed by atoms with E-state index in [-0.39, 0.29) is 11.9 Å². The summed E-state index contributed by atoms with van der Waals surface area (Å²) in [7, 11) is 0. The van der Waals surface area contributed by atoms with E-state index < -0.39 is 6.29 Å². The predicted octanol–water partition coefficient (Wildman–Crippen LogP) is 4.35. The molecule has 25 heavy (non-hydrogen) atoms. The van der Waals surface area contributed by atoms with Gasteiger partial charge in [0.05, 0.1) is 12.2 Å². The maximum absolute atomic E-state index is 12.3. The molecule has 2 aliphatic rings. The number of hydrogen-bond donors (Lipinski definition) is 0. The molecule has 0 aromatic heterocycles. The standard InChI is InChI=1S/C20H17ClO4/c1-12-8-13(2-7-18(22)14-3-5-15(21)6-4-14)9-17-19(12)23-10-16-11-24-20(17)25-16/h2-9,16,20H,10-11H2,1H3/b7-2+. The molecule has 2 aromatic rings. The van der Waals surface area contributed by atoms with Crippen molar-refractivity contribution in [3.05, 3.63) is 69.8 Å². The lowest BCUT2D eigenvalue weighted by Crippen LogP contribution is -2.19. The van der Waals surface area contributed by atoms with E-state index in [1.807, 2.05) is 19.1 Å². The molecule has 4 rings (SSSR count). The third-order valence-electron chi connectivity index (χ3n) is 4.30. The van der Waals surface area contributed by atoms with Crippen LogP contribution in [0.25, 0.3) is 6.08 Å². The minimum absolute atomic E-state index is 0.0257. The number of ether oxygens (including phenoxy) is 3. The highest BCUT2D eigenvalue weighted by Crippen LogP contribution is 2.39. The van der Waals surface area contributed by atoms with E-state index in [9.17, 15) is 4.79 Å². The Labute approximate surface area is 151 Å². The highest BCUT2D eigenvalue weighted by molar-refractivity contribution is 6.30. The largest absolute Gasteiger partial charge is 0.490 e. The number of ketones is 1. The second kappa shape index (κ2) is 6.64. The second-order valence-electron chi connectivity index (χ2n) is 6.19. The van der Waals surface area contributed by atoms with Gasteiger partial charge in [0.15, 0.2) is 12.1 Å². The van der Waals surface area contributed by atoms with Crippen molar-refractivity contribution in [1.29, 1.82) is 0 Å². The van der Waals surface area contributed by atoms with Crippen molar-refractivity contribution >= 4 is 23.5 Å². The van der Waals surface area contributed by atoms with Crippen molar-refractivity contribution in [1.82, 2.24) is 0 Å². The van der Waals surface area contributed by atoms with Gasteiger partial charge < -0.3 is 14.2 Å². The van der Waals surface area contributed by atoms with Crippen LogP contribution in [0.15, 0.2) is 42.5 Å². The zero-order valence-corrected chi connectivity index (χ0v) is 14.5. The minimum Gasteiger partial charge on any atom is -0.490 e. The first-order valence-electron chi connectivity index (χ1n) is 8.12. The van der Waals surface area contributed by atoms with Gasteiger partial charge in [-0.05, 0) is 60.5 Å². The Bertz CT molecular complexity index is 842. The predicted molar refractivity (Wildman–Crippen MR) is 95.1 cm³/mol. The van der Waals surface area contributed by atoms with Crippen molar-refractivity contribution in [2.45, 2.75) is 19.3 Å². The Balaban J connectivity index is 1.61. The van der Waals surface area contributed by atoms with E-state index in [0.29, 0.717) is 23.8 Å². The summed E-state index contributed by atoms with van der Waals surface area (Å²) >= 11 is 5.85. The lowest BCUT2D eigenvalue weighted by molar-refractivity contribution is -0.0579.